The first-order valence-electron chi connectivity index (χ1n) is 11.6. The molecule has 5 rings (SSSR count). The van der Waals surface area contributed by atoms with Crippen molar-refractivity contribution < 1.29 is 4.79 Å². The molecule has 2 heterocycles. The predicted molar refractivity (Wildman–Crippen MR) is 140 cm³/mol. The van der Waals surface area contributed by atoms with Gasteiger partial charge < -0.3 is 5.32 Å². The van der Waals surface area contributed by atoms with Crippen LogP contribution >= 0.6 is 23.1 Å². The Morgan fingerprint density at radius 1 is 1.15 bits per heavy atom. The van der Waals surface area contributed by atoms with Gasteiger partial charge in [0.05, 0.1) is 16.3 Å². The minimum Gasteiger partial charge on any atom is -0.351 e. The van der Waals surface area contributed by atoms with Gasteiger partial charge in [-0.1, -0.05) is 54.2 Å². The molecule has 174 valence electrons. The van der Waals surface area contributed by atoms with Crippen LogP contribution in [0.3, 0.4) is 0 Å². The molecule has 0 bridgehead atoms. The van der Waals surface area contributed by atoms with Crippen LogP contribution in [0.2, 0.25) is 0 Å². The van der Waals surface area contributed by atoms with Gasteiger partial charge in [-0.05, 0) is 68.4 Å². The van der Waals surface area contributed by atoms with E-state index in [-0.39, 0.29) is 11.5 Å². The second-order valence-electron chi connectivity index (χ2n) is 8.73. The minimum atomic E-state index is -0.404. The number of thioether (sulfide) groups is 1. The number of fused-ring (bicyclic) bond motifs is 3. The number of hydrogen-bond donors (Lipinski definition) is 1. The molecule has 0 spiro atoms. The van der Waals surface area contributed by atoms with E-state index in [1.165, 1.54) is 22.2 Å². The number of carbonyl (C=O) groups excluding carboxylic acids is 1. The van der Waals surface area contributed by atoms with Gasteiger partial charge in [0, 0.05) is 11.4 Å². The summed E-state index contributed by atoms with van der Waals surface area (Å²) in [5.74, 6) is -0.0792. The lowest BCUT2D eigenvalue weighted by Crippen LogP contribution is -2.31. The average Bonchev–Trinajstić information content (AvgIpc) is 3.22. The second-order valence-corrected chi connectivity index (χ2v) is 11.1. The summed E-state index contributed by atoms with van der Waals surface area (Å²) in [7, 11) is 0. The molecule has 34 heavy (non-hydrogen) atoms. The molecule has 0 saturated carbocycles. The molecule has 0 fully saturated rings. The maximum absolute atomic E-state index is 13.9. The molecule has 0 radical (unpaired) electrons. The molecule has 1 amide bonds. The quantitative estimate of drug-likeness (QED) is 0.290. The fourth-order valence-electron chi connectivity index (χ4n) is 4.40. The third kappa shape index (κ3) is 4.55. The number of benzene rings is 2. The van der Waals surface area contributed by atoms with E-state index >= 15 is 0 Å². The lowest BCUT2D eigenvalue weighted by molar-refractivity contribution is -0.120. The summed E-state index contributed by atoms with van der Waals surface area (Å²) < 4.78 is 1.70. The van der Waals surface area contributed by atoms with E-state index in [1.807, 2.05) is 68.4 Å². The van der Waals surface area contributed by atoms with Gasteiger partial charge in [0.1, 0.15) is 4.83 Å². The maximum Gasteiger partial charge on any atom is 0.267 e. The number of aryl methyl sites for hydroxylation is 3. The van der Waals surface area contributed by atoms with Gasteiger partial charge in [-0.25, -0.2) is 4.98 Å². The van der Waals surface area contributed by atoms with Gasteiger partial charge in [-0.3, -0.25) is 14.2 Å². The number of rotatable bonds is 6. The number of hydrogen-bond acceptors (Lipinski definition) is 5. The fourth-order valence-corrected chi connectivity index (χ4v) is 6.65. The Balaban J connectivity index is 1.52. The van der Waals surface area contributed by atoms with E-state index in [4.69, 9.17) is 4.98 Å². The topological polar surface area (TPSA) is 64.0 Å². The zero-order valence-electron chi connectivity index (χ0n) is 19.3. The highest BCUT2D eigenvalue weighted by Gasteiger charge is 2.25. The molecule has 0 aliphatic heterocycles. The summed E-state index contributed by atoms with van der Waals surface area (Å²) in [6.07, 6.45) is 4.22. The van der Waals surface area contributed by atoms with Crippen molar-refractivity contribution in [1.82, 2.24) is 14.9 Å². The number of nitrogens with one attached hydrogen (secondary N) is 1. The number of carbonyl (C=O) groups is 1. The molecule has 1 aliphatic carbocycles. The van der Waals surface area contributed by atoms with E-state index in [9.17, 15) is 9.59 Å². The third-order valence-electron chi connectivity index (χ3n) is 6.18. The molecule has 4 aromatic rings. The molecule has 1 aliphatic rings. The molecule has 0 unspecified atom stereocenters. The first-order chi connectivity index (χ1) is 16.5. The molecular weight excluding hydrogens is 462 g/mol. The fraction of sp³-hybridized carbons (Fsp3) is 0.296. The molecule has 1 atom stereocenters. The van der Waals surface area contributed by atoms with E-state index in [2.05, 4.69) is 5.32 Å². The van der Waals surface area contributed by atoms with Crippen molar-refractivity contribution >= 4 is 39.2 Å². The number of thiophene rings is 1. The standard InChI is InChI=1S/C27H27N3O2S2/c1-17-9-8-12-20(15-17)30-26(32)23-21-13-6-7-14-22(21)34-25(23)29-27(30)33-18(2)24(31)28-16-19-10-4-3-5-11-19/h3-5,8-12,15,18H,6-7,13-14,16H2,1-2H3,(H,28,31)/t18-/m1/s1. The lowest BCUT2D eigenvalue weighted by atomic mass is 9.97. The van der Waals surface area contributed by atoms with Crippen molar-refractivity contribution in [1.29, 1.82) is 0 Å². The van der Waals surface area contributed by atoms with Crippen LogP contribution in [0.25, 0.3) is 15.9 Å². The van der Waals surface area contributed by atoms with E-state index in [0.29, 0.717) is 11.7 Å². The smallest absolute Gasteiger partial charge is 0.267 e. The highest BCUT2D eigenvalue weighted by Crippen LogP contribution is 2.35. The largest absolute Gasteiger partial charge is 0.351 e. The first-order valence-corrected chi connectivity index (χ1v) is 13.3. The Bertz CT molecular complexity index is 1410. The predicted octanol–water partition coefficient (Wildman–Crippen LogP) is 5.43. The second kappa shape index (κ2) is 9.76. The van der Waals surface area contributed by atoms with E-state index in [0.717, 1.165) is 52.7 Å². The Labute approximate surface area is 207 Å². The average molecular weight is 490 g/mol. The summed E-state index contributed by atoms with van der Waals surface area (Å²) in [4.78, 5) is 33.8. The Morgan fingerprint density at radius 3 is 2.74 bits per heavy atom. The number of nitrogens with zero attached hydrogens (tertiary/aromatic N) is 2. The molecule has 0 saturated heterocycles. The monoisotopic (exact) mass is 489 g/mol. The van der Waals surface area contributed by atoms with Gasteiger partial charge >= 0.3 is 0 Å². The number of amides is 1. The van der Waals surface area contributed by atoms with Gasteiger partial charge in [0.25, 0.3) is 5.56 Å². The van der Waals surface area contributed by atoms with Crippen LogP contribution < -0.4 is 10.9 Å². The highest BCUT2D eigenvalue weighted by atomic mass is 32.2. The van der Waals surface area contributed by atoms with Crippen molar-refractivity contribution in [2.45, 2.75) is 56.5 Å². The summed E-state index contributed by atoms with van der Waals surface area (Å²) in [6.45, 7) is 4.35. The van der Waals surface area contributed by atoms with Crippen LogP contribution in [-0.4, -0.2) is 20.7 Å². The third-order valence-corrected chi connectivity index (χ3v) is 8.42. The van der Waals surface area contributed by atoms with Crippen LogP contribution in [-0.2, 0) is 24.2 Å². The number of aromatic nitrogens is 2. The zero-order chi connectivity index (χ0) is 23.7. The molecule has 5 nitrogen and oxygen atoms in total. The van der Waals surface area contributed by atoms with E-state index in [1.54, 1.807) is 15.9 Å². The van der Waals surface area contributed by atoms with Crippen molar-refractivity contribution in [2.24, 2.45) is 0 Å². The van der Waals surface area contributed by atoms with Gasteiger partial charge in [0.2, 0.25) is 5.91 Å². The maximum atomic E-state index is 13.9. The molecule has 1 N–H and O–H groups in total. The normalized spacial score (nSPS) is 14.1. The van der Waals surface area contributed by atoms with Gasteiger partial charge in [-0.15, -0.1) is 11.3 Å². The van der Waals surface area contributed by atoms with Crippen molar-refractivity contribution in [3.63, 3.8) is 0 Å². The van der Waals surface area contributed by atoms with Crippen molar-refractivity contribution in [3.05, 3.63) is 86.5 Å². The molecule has 7 heteroatoms. The van der Waals surface area contributed by atoms with Gasteiger partial charge in [0.15, 0.2) is 5.16 Å². The van der Waals surface area contributed by atoms with Crippen LogP contribution in [0.1, 0.15) is 41.3 Å². The zero-order valence-corrected chi connectivity index (χ0v) is 21.0. The SMILES string of the molecule is Cc1cccc(-n2c(S[C@H](C)C(=O)NCc3ccccc3)nc3sc4c(c3c2=O)CCCC4)c1. The molecule has 2 aromatic heterocycles. The summed E-state index contributed by atoms with van der Waals surface area (Å²) in [5, 5.41) is 3.92. The minimum absolute atomic E-state index is 0.0330. The van der Waals surface area contributed by atoms with Crippen LogP contribution in [0.5, 0.6) is 0 Å². The van der Waals surface area contributed by atoms with Crippen LogP contribution in [0.15, 0.2) is 64.5 Å². The lowest BCUT2D eigenvalue weighted by Gasteiger charge is -2.17. The van der Waals surface area contributed by atoms with Gasteiger partial charge in [-0.2, -0.15) is 0 Å². The molecule has 2 aromatic carbocycles. The van der Waals surface area contributed by atoms with Crippen molar-refractivity contribution in [2.75, 3.05) is 0 Å². The van der Waals surface area contributed by atoms with Crippen LogP contribution in [0, 0.1) is 6.92 Å². The molecular formula is C27H27N3O2S2. The van der Waals surface area contributed by atoms with Crippen LogP contribution in [0.4, 0.5) is 0 Å². The Kier molecular flexibility index (Phi) is 6.57. The summed E-state index contributed by atoms with van der Waals surface area (Å²) in [5.41, 5.74) is 4.05. The Hall–Kier alpha value is -2.90. The Morgan fingerprint density at radius 2 is 1.94 bits per heavy atom. The van der Waals surface area contributed by atoms with Crippen molar-refractivity contribution in [3.8, 4) is 5.69 Å². The first kappa shape index (κ1) is 22.9. The highest BCUT2D eigenvalue weighted by molar-refractivity contribution is 8.00. The van der Waals surface area contributed by atoms with E-state index < -0.39 is 5.25 Å². The summed E-state index contributed by atoms with van der Waals surface area (Å²) >= 11 is 2.98. The summed E-state index contributed by atoms with van der Waals surface area (Å²) in [6, 6.07) is 17.7.